The van der Waals surface area contributed by atoms with Gasteiger partial charge in [0.15, 0.2) is 0 Å². The standard InChI is InChI=1S/C11H22N4S/c1-8(2)6-9(3)15(5)7-10-11(12-4)16-14-13-10/h8-9,12H,6-7H2,1-5H3. The molecule has 0 saturated heterocycles. The van der Waals surface area contributed by atoms with Crippen molar-refractivity contribution in [1.82, 2.24) is 14.5 Å². The Labute approximate surface area is 102 Å². The first-order valence-corrected chi connectivity index (χ1v) is 6.51. The van der Waals surface area contributed by atoms with Crippen LogP contribution in [0.1, 0.15) is 32.9 Å². The van der Waals surface area contributed by atoms with Crippen molar-refractivity contribution in [2.45, 2.75) is 39.8 Å². The van der Waals surface area contributed by atoms with Crippen molar-refractivity contribution in [3.05, 3.63) is 5.69 Å². The third-order valence-electron chi connectivity index (χ3n) is 2.75. The number of nitrogens with zero attached hydrogens (tertiary/aromatic N) is 3. The number of hydrogen-bond donors (Lipinski definition) is 1. The highest BCUT2D eigenvalue weighted by molar-refractivity contribution is 7.10. The Morgan fingerprint density at radius 1 is 1.38 bits per heavy atom. The molecule has 1 aromatic heterocycles. The number of aromatic nitrogens is 2. The number of hydrogen-bond acceptors (Lipinski definition) is 5. The zero-order chi connectivity index (χ0) is 12.1. The Bertz CT molecular complexity index is 311. The first-order chi connectivity index (χ1) is 7.54. The van der Waals surface area contributed by atoms with Crippen molar-refractivity contribution < 1.29 is 0 Å². The lowest BCUT2D eigenvalue weighted by Crippen LogP contribution is -2.30. The summed E-state index contributed by atoms with van der Waals surface area (Å²) in [6, 6.07) is 0.575. The second-order valence-electron chi connectivity index (χ2n) is 4.69. The molecule has 1 unspecified atom stereocenters. The molecule has 1 rings (SSSR count). The largest absolute Gasteiger partial charge is 0.377 e. The molecule has 92 valence electrons. The Kier molecular flexibility index (Phi) is 5.15. The van der Waals surface area contributed by atoms with Gasteiger partial charge in [0, 0.05) is 31.2 Å². The SMILES string of the molecule is CNc1snnc1CN(C)C(C)CC(C)C. The summed E-state index contributed by atoms with van der Waals surface area (Å²) in [4.78, 5) is 2.33. The van der Waals surface area contributed by atoms with Crippen LogP contribution in [0.3, 0.4) is 0 Å². The molecule has 0 saturated carbocycles. The van der Waals surface area contributed by atoms with Crippen molar-refractivity contribution in [2.24, 2.45) is 5.92 Å². The molecule has 0 aromatic carbocycles. The van der Waals surface area contributed by atoms with E-state index in [0.717, 1.165) is 23.2 Å². The third-order valence-corrected chi connectivity index (χ3v) is 3.53. The quantitative estimate of drug-likeness (QED) is 0.832. The maximum absolute atomic E-state index is 4.15. The van der Waals surface area contributed by atoms with Gasteiger partial charge >= 0.3 is 0 Å². The van der Waals surface area contributed by atoms with Crippen LogP contribution in [0.15, 0.2) is 0 Å². The van der Waals surface area contributed by atoms with Crippen molar-refractivity contribution in [1.29, 1.82) is 0 Å². The van der Waals surface area contributed by atoms with Gasteiger partial charge in [0.2, 0.25) is 0 Å². The van der Waals surface area contributed by atoms with E-state index in [-0.39, 0.29) is 0 Å². The average Bonchev–Trinajstić information content (AvgIpc) is 2.64. The molecule has 0 radical (unpaired) electrons. The normalized spacial score (nSPS) is 13.4. The fourth-order valence-corrected chi connectivity index (χ4v) is 2.28. The summed E-state index contributed by atoms with van der Waals surface area (Å²) in [6.45, 7) is 7.64. The molecule has 1 heterocycles. The van der Waals surface area contributed by atoms with E-state index < -0.39 is 0 Å². The Morgan fingerprint density at radius 3 is 2.62 bits per heavy atom. The maximum Gasteiger partial charge on any atom is 0.134 e. The van der Waals surface area contributed by atoms with Crippen molar-refractivity contribution in [3.8, 4) is 0 Å². The van der Waals surface area contributed by atoms with Gasteiger partial charge in [-0.3, -0.25) is 4.90 Å². The molecule has 0 bridgehead atoms. The summed E-state index contributed by atoms with van der Waals surface area (Å²) in [5.41, 5.74) is 1.05. The molecule has 4 nitrogen and oxygen atoms in total. The van der Waals surface area contributed by atoms with E-state index in [9.17, 15) is 0 Å². The molecule has 1 aromatic rings. The van der Waals surface area contributed by atoms with Gasteiger partial charge in [0.25, 0.3) is 0 Å². The minimum atomic E-state index is 0.575. The predicted molar refractivity (Wildman–Crippen MR) is 69.8 cm³/mol. The maximum atomic E-state index is 4.15. The fourth-order valence-electron chi connectivity index (χ4n) is 1.76. The molecule has 5 heteroatoms. The minimum absolute atomic E-state index is 0.575. The van der Waals surface area contributed by atoms with Gasteiger partial charge in [-0.05, 0) is 26.3 Å². The van der Waals surface area contributed by atoms with Crippen LogP contribution < -0.4 is 5.32 Å². The van der Waals surface area contributed by atoms with Crippen molar-refractivity contribution in [3.63, 3.8) is 0 Å². The Balaban J connectivity index is 2.53. The molecule has 0 aliphatic carbocycles. The average molecular weight is 242 g/mol. The van der Waals surface area contributed by atoms with Crippen molar-refractivity contribution in [2.75, 3.05) is 19.4 Å². The van der Waals surface area contributed by atoms with Crippen LogP contribution in [0.5, 0.6) is 0 Å². The molecule has 1 N–H and O–H groups in total. The van der Waals surface area contributed by atoms with E-state index in [1.54, 1.807) is 0 Å². The van der Waals surface area contributed by atoms with E-state index in [2.05, 4.69) is 47.6 Å². The second kappa shape index (κ2) is 6.15. The first-order valence-electron chi connectivity index (χ1n) is 5.73. The summed E-state index contributed by atoms with van der Waals surface area (Å²) in [7, 11) is 4.06. The topological polar surface area (TPSA) is 41.1 Å². The van der Waals surface area contributed by atoms with Crippen LogP contribution in [0.4, 0.5) is 5.00 Å². The monoisotopic (exact) mass is 242 g/mol. The predicted octanol–water partition coefficient (Wildman–Crippen LogP) is 2.45. The zero-order valence-electron chi connectivity index (χ0n) is 10.8. The molecule has 0 aliphatic heterocycles. The van der Waals surface area contributed by atoms with E-state index in [1.165, 1.54) is 18.0 Å². The molecule has 16 heavy (non-hydrogen) atoms. The smallest absolute Gasteiger partial charge is 0.134 e. The summed E-state index contributed by atoms with van der Waals surface area (Å²) in [6.07, 6.45) is 1.21. The van der Waals surface area contributed by atoms with Crippen LogP contribution >= 0.6 is 11.5 Å². The van der Waals surface area contributed by atoms with Crippen LogP contribution in [-0.4, -0.2) is 34.6 Å². The lowest BCUT2D eigenvalue weighted by Gasteiger charge is -2.25. The van der Waals surface area contributed by atoms with Gasteiger partial charge in [-0.25, -0.2) is 0 Å². The lowest BCUT2D eigenvalue weighted by atomic mass is 10.0. The van der Waals surface area contributed by atoms with E-state index >= 15 is 0 Å². The number of rotatable bonds is 6. The lowest BCUT2D eigenvalue weighted by molar-refractivity contribution is 0.218. The van der Waals surface area contributed by atoms with Crippen molar-refractivity contribution >= 4 is 16.5 Å². The van der Waals surface area contributed by atoms with Gasteiger partial charge in [0.05, 0.1) is 0 Å². The van der Waals surface area contributed by atoms with Crippen LogP contribution in [0.2, 0.25) is 0 Å². The molecule has 0 amide bonds. The van der Waals surface area contributed by atoms with E-state index in [1.807, 2.05) is 7.05 Å². The Hall–Kier alpha value is -0.680. The van der Waals surface area contributed by atoms with Crippen LogP contribution in [0, 0.1) is 5.92 Å². The van der Waals surface area contributed by atoms with E-state index in [4.69, 9.17) is 0 Å². The minimum Gasteiger partial charge on any atom is -0.377 e. The van der Waals surface area contributed by atoms with Gasteiger partial charge in [0.1, 0.15) is 10.7 Å². The van der Waals surface area contributed by atoms with E-state index in [0.29, 0.717) is 6.04 Å². The second-order valence-corrected chi connectivity index (χ2v) is 5.45. The highest BCUT2D eigenvalue weighted by atomic mass is 32.1. The third kappa shape index (κ3) is 3.72. The summed E-state index contributed by atoms with van der Waals surface area (Å²) in [5.74, 6) is 0.731. The molecular formula is C11H22N4S. The zero-order valence-corrected chi connectivity index (χ0v) is 11.6. The Morgan fingerprint density at radius 2 is 2.06 bits per heavy atom. The summed E-state index contributed by atoms with van der Waals surface area (Å²) in [5, 5.41) is 8.35. The summed E-state index contributed by atoms with van der Waals surface area (Å²) < 4.78 is 3.97. The van der Waals surface area contributed by atoms with Gasteiger partial charge in [-0.15, -0.1) is 5.10 Å². The fraction of sp³-hybridized carbons (Fsp3) is 0.818. The molecule has 0 fully saturated rings. The molecule has 0 aliphatic rings. The highest BCUT2D eigenvalue weighted by Gasteiger charge is 2.14. The number of nitrogens with one attached hydrogen (secondary N) is 1. The van der Waals surface area contributed by atoms with Gasteiger partial charge < -0.3 is 5.32 Å². The van der Waals surface area contributed by atoms with Crippen LogP contribution in [0.25, 0.3) is 0 Å². The highest BCUT2D eigenvalue weighted by Crippen LogP contribution is 2.20. The van der Waals surface area contributed by atoms with Gasteiger partial charge in [-0.1, -0.05) is 18.3 Å². The first kappa shape index (κ1) is 13.4. The van der Waals surface area contributed by atoms with Crippen LogP contribution in [-0.2, 0) is 6.54 Å². The number of anilines is 1. The van der Waals surface area contributed by atoms with Gasteiger partial charge in [-0.2, -0.15) is 0 Å². The molecular weight excluding hydrogens is 220 g/mol. The summed E-state index contributed by atoms with van der Waals surface area (Å²) >= 11 is 1.42. The molecule has 1 atom stereocenters. The molecule has 0 spiro atoms.